The van der Waals surface area contributed by atoms with Gasteiger partial charge in [-0.05, 0) is 42.7 Å². The van der Waals surface area contributed by atoms with E-state index in [0.29, 0.717) is 0 Å². The molecule has 0 saturated heterocycles. The van der Waals surface area contributed by atoms with Crippen LogP contribution >= 0.6 is 0 Å². The number of pyridine rings is 1. The molecule has 18 heavy (non-hydrogen) atoms. The Kier molecular flexibility index (Phi) is 2.68. The molecule has 0 aliphatic carbocycles. The molecule has 0 bridgehead atoms. The van der Waals surface area contributed by atoms with E-state index in [1.54, 1.807) is 0 Å². The smallest absolute Gasteiger partial charge is 0.292 e. The number of benzene rings is 1. The van der Waals surface area contributed by atoms with Gasteiger partial charge in [0.15, 0.2) is 5.58 Å². The van der Waals surface area contributed by atoms with Gasteiger partial charge >= 0.3 is 0 Å². The number of fused-ring (bicyclic) bond motifs is 1. The van der Waals surface area contributed by atoms with Gasteiger partial charge in [-0.25, -0.2) is 0 Å². The molecule has 2 heterocycles. The first-order chi connectivity index (χ1) is 8.81. The van der Waals surface area contributed by atoms with Crippen molar-refractivity contribution in [2.45, 2.75) is 12.8 Å². The van der Waals surface area contributed by atoms with Crippen LogP contribution in [0.2, 0.25) is 0 Å². The number of nitrogens with two attached hydrogens (primary N) is 1. The first-order valence-corrected chi connectivity index (χ1v) is 5.86. The Bertz CT molecular complexity index is 661. The van der Waals surface area contributed by atoms with E-state index < -0.39 is 0 Å². The van der Waals surface area contributed by atoms with Crippen LogP contribution in [-0.2, 0) is 12.8 Å². The van der Waals surface area contributed by atoms with Gasteiger partial charge in [0.05, 0.1) is 0 Å². The largest absolute Gasteiger partial charge is 0.424 e. The fourth-order valence-corrected chi connectivity index (χ4v) is 1.96. The number of hydrogen-bond acceptors (Lipinski definition) is 4. The Balaban J connectivity index is 1.78. The lowest BCUT2D eigenvalue weighted by molar-refractivity contribution is 0.625. The zero-order valence-electron chi connectivity index (χ0n) is 9.84. The minimum Gasteiger partial charge on any atom is -0.424 e. The first kappa shape index (κ1) is 10.8. The molecule has 2 aromatic heterocycles. The third-order valence-electron chi connectivity index (χ3n) is 2.87. The molecule has 90 valence electrons. The lowest BCUT2D eigenvalue weighted by atomic mass is 10.1. The Morgan fingerprint density at radius 2 is 2.06 bits per heavy atom. The molecule has 0 aliphatic heterocycles. The van der Waals surface area contributed by atoms with Crippen LogP contribution in [0.1, 0.15) is 11.3 Å². The van der Waals surface area contributed by atoms with E-state index in [-0.39, 0.29) is 6.01 Å². The summed E-state index contributed by atoms with van der Waals surface area (Å²) in [6.07, 6.45) is 3.65. The molecule has 3 aromatic rings. The Morgan fingerprint density at radius 3 is 2.89 bits per heavy atom. The summed E-state index contributed by atoms with van der Waals surface area (Å²) in [6.45, 7) is 0. The lowest BCUT2D eigenvalue weighted by Crippen LogP contribution is -1.93. The quantitative estimate of drug-likeness (QED) is 0.763. The molecular weight excluding hydrogens is 226 g/mol. The molecule has 0 atom stereocenters. The van der Waals surface area contributed by atoms with E-state index in [2.05, 4.69) is 9.97 Å². The van der Waals surface area contributed by atoms with Gasteiger partial charge in [-0.1, -0.05) is 12.1 Å². The van der Waals surface area contributed by atoms with E-state index in [1.165, 1.54) is 5.56 Å². The van der Waals surface area contributed by atoms with Crippen molar-refractivity contribution >= 4 is 17.1 Å². The van der Waals surface area contributed by atoms with Crippen molar-refractivity contribution in [3.8, 4) is 0 Å². The summed E-state index contributed by atoms with van der Waals surface area (Å²) >= 11 is 0. The number of oxazole rings is 1. The first-order valence-electron chi connectivity index (χ1n) is 5.86. The average molecular weight is 239 g/mol. The number of aromatic nitrogens is 2. The second kappa shape index (κ2) is 4.49. The number of nitrogens with zero attached hydrogens (tertiary/aromatic N) is 2. The standard InChI is InChI=1S/C14H13N3O/c15-14-17-12-7-5-10(9-13(12)18-14)4-6-11-3-1-2-8-16-11/h1-3,5,7-9H,4,6H2,(H2,15,17). The monoisotopic (exact) mass is 239 g/mol. The van der Waals surface area contributed by atoms with Crippen LogP contribution in [-0.4, -0.2) is 9.97 Å². The highest BCUT2D eigenvalue weighted by Gasteiger charge is 2.04. The van der Waals surface area contributed by atoms with Gasteiger partial charge in [0.2, 0.25) is 0 Å². The van der Waals surface area contributed by atoms with Gasteiger partial charge in [0.25, 0.3) is 6.01 Å². The fourth-order valence-electron chi connectivity index (χ4n) is 1.96. The zero-order valence-corrected chi connectivity index (χ0v) is 9.84. The van der Waals surface area contributed by atoms with Gasteiger partial charge in [-0.15, -0.1) is 0 Å². The molecule has 0 unspecified atom stereocenters. The number of hydrogen-bond donors (Lipinski definition) is 1. The van der Waals surface area contributed by atoms with Crippen LogP contribution < -0.4 is 5.73 Å². The summed E-state index contributed by atoms with van der Waals surface area (Å²) in [4.78, 5) is 8.38. The topological polar surface area (TPSA) is 64.9 Å². The number of rotatable bonds is 3. The van der Waals surface area contributed by atoms with Crippen molar-refractivity contribution in [3.05, 3.63) is 53.9 Å². The van der Waals surface area contributed by atoms with Crippen LogP contribution in [0.4, 0.5) is 6.01 Å². The van der Waals surface area contributed by atoms with E-state index in [4.69, 9.17) is 10.2 Å². The summed E-state index contributed by atoms with van der Waals surface area (Å²) in [6, 6.07) is 12.1. The molecule has 1 aromatic carbocycles. The SMILES string of the molecule is Nc1nc2ccc(CCc3ccccn3)cc2o1. The van der Waals surface area contributed by atoms with Gasteiger partial charge in [-0.3, -0.25) is 4.98 Å². The van der Waals surface area contributed by atoms with Crippen LogP contribution in [0.5, 0.6) is 0 Å². The maximum Gasteiger partial charge on any atom is 0.292 e. The fraction of sp³-hybridized carbons (Fsp3) is 0.143. The number of nitrogen functional groups attached to an aromatic ring is 1. The predicted octanol–water partition coefficient (Wildman–Crippen LogP) is 2.59. The molecule has 4 nitrogen and oxygen atoms in total. The second-order valence-electron chi connectivity index (χ2n) is 4.18. The van der Waals surface area contributed by atoms with Gasteiger partial charge in [0, 0.05) is 11.9 Å². The van der Waals surface area contributed by atoms with E-state index in [1.807, 2.05) is 42.6 Å². The molecule has 0 amide bonds. The molecule has 0 fully saturated rings. The highest BCUT2D eigenvalue weighted by molar-refractivity contribution is 5.74. The predicted molar refractivity (Wildman–Crippen MR) is 70.1 cm³/mol. The molecule has 0 aliphatic rings. The van der Waals surface area contributed by atoms with E-state index in [9.17, 15) is 0 Å². The van der Waals surface area contributed by atoms with Gasteiger partial charge in [-0.2, -0.15) is 4.98 Å². The van der Waals surface area contributed by atoms with Crippen LogP contribution in [0.3, 0.4) is 0 Å². The normalized spacial score (nSPS) is 10.9. The summed E-state index contributed by atoms with van der Waals surface area (Å²) in [7, 11) is 0. The number of aryl methyl sites for hydroxylation is 2. The average Bonchev–Trinajstić information content (AvgIpc) is 2.77. The molecule has 0 radical (unpaired) electrons. The van der Waals surface area contributed by atoms with Crippen molar-refractivity contribution in [1.82, 2.24) is 9.97 Å². The summed E-state index contributed by atoms with van der Waals surface area (Å²) in [5.41, 5.74) is 9.35. The molecule has 2 N–H and O–H groups in total. The van der Waals surface area contributed by atoms with Crippen LogP contribution in [0, 0.1) is 0 Å². The van der Waals surface area contributed by atoms with Crippen molar-refractivity contribution in [2.75, 3.05) is 5.73 Å². The molecule has 0 spiro atoms. The molecule has 0 saturated carbocycles. The molecule has 4 heteroatoms. The van der Waals surface area contributed by atoms with Crippen molar-refractivity contribution in [1.29, 1.82) is 0 Å². The molecular formula is C14H13N3O. The maximum absolute atomic E-state index is 5.52. The van der Waals surface area contributed by atoms with Crippen LogP contribution in [0.25, 0.3) is 11.1 Å². The van der Waals surface area contributed by atoms with E-state index >= 15 is 0 Å². The Labute approximate surface area is 104 Å². The highest BCUT2D eigenvalue weighted by atomic mass is 16.4. The van der Waals surface area contributed by atoms with Gasteiger partial charge < -0.3 is 10.2 Å². The maximum atomic E-state index is 5.52. The van der Waals surface area contributed by atoms with Crippen molar-refractivity contribution in [2.24, 2.45) is 0 Å². The second-order valence-corrected chi connectivity index (χ2v) is 4.18. The van der Waals surface area contributed by atoms with Crippen molar-refractivity contribution in [3.63, 3.8) is 0 Å². The third kappa shape index (κ3) is 2.18. The van der Waals surface area contributed by atoms with Crippen LogP contribution in [0.15, 0.2) is 47.0 Å². The third-order valence-corrected chi connectivity index (χ3v) is 2.87. The zero-order chi connectivity index (χ0) is 12.4. The highest BCUT2D eigenvalue weighted by Crippen LogP contribution is 2.19. The lowest BCUT2D eigenvalue weighted by Gasteiger charge is -2.00. The minimum absolute atomic E-state index is 0.215. The minimum atomic E-state index is 0.215. The summed E-state index contributed by atoms with van der Waals surface area (Å²) < 4.78 is 5.31. The van der Waals surface area contributed by atoms with E-state index in [0.717, 1.165) is 29.6 Å². The summed E-state index contributed by atoms with van der Waals surface area (Å²) in [5.74, 6) is 0. The summed E-state index contributed by atoms with van der Waals surface area (Å²) in [5, 5.41) is 0. The van der Waals surface area contributed by atoms with Crippen molar-refractivity contribution < 1.29 is 4.42 Å². The number of anilines is 1. The molecule has 3 rings (SSSR count). The Morgan fingerprint density at radius 1 is 1.11 bits per heavy atom. The Hall–Kier alpha value is -2.36. The van der Waals surface area contributed by atoms with Gasteiger partial charge in [0.1, 0.15) is 5.52 Å².